The molecule has 38 heavy (non-hydrogen) atoms. The molecule has 14 heteroatoms. The predicted molar refractivity (Wildman–Crippen MR) is 133 cm³/mol. The number of alkyl halides is 1. The number of benzene rings is 1. The molecule has 206 valence electrons. The maximum Gasteiger partial charge on any atom is 0.458 e. The highest BCUT2D eigenvalue weighted by Gasteiger charge is 2.56. The number of hydrogen-bond donors (Lipinski definition) is 2. The van der Waals surface area contributed by atoms with Gasteiger partial charge in [0, 0.05) is 6.54 Å². The van der Waals surface area contributed by atoms with Crippen LogP contribution >= 0.6 is 7.75 Å². The van der Waals surface area contributed by atoms with Crippen molar-refractivity contribution in [3.05, 3.63) is 54.2 Å². The number of carbonyl (C=O) groups excluding carboxylic acids is 1. The van der Waals surface area contributed by atoms with Crippen molar-refractivity contribution in [3.63, 3.8) is 0 Å². The summed E-state index contributed by atoms with van der Waals surface area (Å²) in [5, 5.41) is 17.5. The Hall–Kier alpha value is -2.96. The number of aromatic nitrogens is 4. The van der Waals surface area contributed by atoms with Gasteiger partial charge in [-0.1, -0.05) is 32.0 Å². The number of esters is 1. The van der Waals surface area contributed by atoms with E-state index in [1.165, 1.54) is 24.0 Å². The number of carbonyl (C=O) groups is 1. The van der Waals surface area contributed by atoms with Crippen LogP contribution in [0.2, 0.25) is 0 Å². The summed E-state index contributed by atoms with van der Waals surface area (Å²) < 4.78 is 52.9. The normalized spacial score (nSPS) is 25.0. The van der Waals surface area contributed by atoms with Crippen LogP contribution in [0.15, 0.2) is 42.9 Å². The summed E-state index contributed by atoms with van der Waals surface area (Å²) in [5.74, 6) is -0.467. The summed E-state index contributed by atoms with van der Waals surface area (Å²) in [6, 6.07) is 8.30. The van der Waals surface area contributed by atoms with Gasteiger partial charge in [0.2, 0.25) is 0 Å². The monoisotopic (exact) mass is 551 g/mol. The number of nitrogens with zero attached hydrogens (tertiary/aromatic N) is 4. The van der Waals surface area contributed by atoms with E-state index in [-0.39, 0.29) is 30.5 Å². The molecule has 2 aromatic heterocycles. The lowest BCUT2D eigenvalue weighted by atomic mass is 9.93. The molecule has 0 bridgehead atoms. The fourth-order valence-corrected chi connectivity index (χ4v) is 5.23. The van der Waals surface area contributed by atoms with Crippen molar-refractivity contribution in [2.45, 2.75) is 51.7 Å². The molecule has 1 aliphatic heterocycles. The number of aryl methyl sites for hydroxylation is 1. The molecule has 1 fully saturated rings. The van der Waals surface area contributed by atoms with Gasteiger partial charge in [-0.2, -0.15) is 5.10 Å². The van der Waals surface area contributed by atoms with Gasteiger partial charge in [-0.25, -0.2) is 28.5 Å². The number of aliphatic hydroxyl groups excluding tert-OH is 1. The van der Waals surface area contributed by atoms with E-state index in [1.54, 1.807) is 51.1 Å². The summed E-state index contributed by atoms with van der Waals surface area (Å²) in [7, 11) is -4.06. The first-order valence-corrected chi connectivity index (χ1v) is 13.6. The maximum absolute atomic E-state index is 15.8. The molecule has 1 aliphatic rings. The number of nitrogens with one attached hydrogen (secondary N) is 1. The first kappa shape index (κ1) is 28.1. The Balaban J connectivity index is 1.47. The van der Waals surface area contributed by atoms with Gasteiger partial charge in [0.25, 0.3) is 0 Å². The van der Waals surface area contributed by atoms with E-state index in [1.807, 2.05) is 0 Å². The second-order valence-electron chi connectivity index (χ2n) is 9.34. The molecule has 0 amide bonds. The van der Waals surface area contributed by atoms with Gasteiger partial charge in [0.15, 0.2) is 11.3 Å². The number of ether oxygens (including phenoxy) is 2. The number of para-hydroxylation sites is 1. The molecule has 5 atom stereocenters. The van der Waals surface area contributed by atoms with Crippen molar-refractivity contribution in [1.29, 1.82) is 0 Å². The molecule has 12 nitrogen and oxygen atoms in total. The van der Waals surface area contributed by atoms with E-state index in [4.69, 9.17) is 18.5 Å². The molecule has 0 spiro atoms. The second kappa shape index (κ2) is 11.4. The van der Waals surface area contributed by atoms with Crippen LogP contribution in [0.3, 0.4) is 0 Å². The fourth-order valence-electron chi connectivity index (χ4n) is 3.91. The quantitative estimate of drug-likeness (QED) is 0.206. The van der Waals surface area contributed by atoms with E-state index in [9.17, 15) is 14.5 Å². The summed E-state index contributed by atoms with van der Waals surface area (Å²) in [6.07, 6.45) is -1.34. The van der Waals surface area contributed by atoms with Gasteiger partial charge < -0.3 is 19.1 Å². The second-order valence-corrected chi connectivity index (χ2v) is 11.1. The van der Waals surface area contributed by atoms with Gasteiger partial charge in [0.1, 0.15) is 37.0 Å². The highest BCUT2D eigenvalue weighted by Crippen LogP contribution is 2.48. The van der Waals surface area contributed by atoms with E-state index in [0.717, 1.165) is 0 Å². The molecule has 2 N–H and O–H groups in total. The van der Waals surface area contributed by atoms with Crippen LogP contribution in [0.5, 0.6) is 5.75 Å². The number of aliphatic hydroxyl groups is 1. The highest BCUT2D eigenvalue weighted by molar-refractivity contribution is 7.52. The Kier molecular flexibility index (Phi) is 8.43. The first-order valence-electron chi connectivity index (χ1n) is 12.1. The summed E-state index contributed by atoms with van der Waals surface area (Å²) in [6.45, 7) is 5.75. The van der Waals surface area contributed by atoms with Gasteiger partial charge >= 0.3 is 13.7 Å². The molecule has 1 unspecified atom stereocenters. The maximum atomic E-state index is 15.8. The minimum atomic E-state index is -4.06. The van der Waals surface area contributed by atoms with E-state index < -0.39 is 44.3 Å². The van der Waals surface area contributed by atoms with Crippen LogP contribution in [-0.2, 0) is 23.4 Å². The zero-order valence-corrected chi connectivity index (χ0v) is 22.4. The molecule has 3 heterocycles. The Morgan fingerprint density at radius 2 is 2.05 bits per heavy atom. The smallest absolute Gasteiger partial charge is 0.458 e. The zero-order valence-electron chi connectivity index (χ0n) is 21.5. The predicted octanol–water partition coefficient (Wildman–Crippen LogP) is 2.95. The SMILES string of the molecule is Cc1ncnn2c([C@@H]3O[C@H](COP(=O)(NCCOC(=O)C(C)C)Oc4ccccc4)[C@@H](O)[C@@]3(C)F)cnc12. The molecule has 1 saturated heterocycles. The van der Waals surface area contributed by atoms with Crippen molar-refractivity contribution in [2.24, 2.45) is 5.92 Å². The number of rotatable bonds is 11. The van der Waals surface area contributed by atoms with Crippen molar-refractivity contribution < 1.29 is 37.4 Å². The lowest BCUT2D eigenvalue weighted by Gasteiger charge is -2.24. The number of fused-ring (bicyclic) bond motifs is 1. The molecule has 0 radical (unpaired) electrons. The van der Waals surface area contributed by atoms with Crippen LogP contribution in [0.1, 0.15) is 38.3 Å². The Morgan fingerprint density at radius 1 is 1.32 bits per heavy atom. The lowest BCUT2D eigenvalue weighted by Crippen LogP contribution is -2.40. The topological polar surface area (TPSA) is 146 Å². The van der Waals surface area contributed by atoms with Gasteiger partial charge in [-0.3, -0.25) is 9.32 Å². The lowest BCUT2D eigenvalue weighted by molar-refractivity contribution is -0.147. The summed E-state index contributed by atoms with van der Waals surface area (Å²) in [5.41, 5.74) is -0.939. The number of imidazole rings is 1. The van der Waals surface area contributed by atoms with Crippen LogP contribution < -0.4 is 9.61 Å². The minimum Gasteiger partial charge on any atom is -0.464 e. The standard InChI is InChI=1S/C24H31FN5O7P/c1-15(2)23(32)34-11-10-29-38(33,37-17-8-6-5-7-9-17)35-13-19-20(31)24(4,25)21(36-19)18-12-26-22-16(3)27-14-28-30(18)22/h5-9,12,14-15,19-21,31H,10-11,13H2,1-4H3,(H,29,33)/t19-,20-,21+,24-,38?/m1/s1. The third kappa shape index (κ3) is 6.02. The van der Waals surface area contributed by atoms with Gasteiger partial charge in [-0.15, -0.1) is 0 Å². The number of halogens is 1. The van der Waals surface area contributed by atoms with Crippen molar-refractivity contribution in [2.75, 3.05) is 19.8 Å². The fraction of sp³-hybridized carbons (Fsp3) is 0.500. The first-order chi connectivity index (χ1) is 18.0. The molecule has 4 rings (SSSR count). The average molecular weight is 552 g/mol. The Bertz CT molecular complexity index is 1310. The molecule has 1 aromatic carbocycles. The Labute approximate surface area is 219 Å². The van der Waals surface area contributed by atoms with E-state index in [0.29, 0.717) is 11.3 Å². The zero-order chi connectivity index (χ0) is 27.5. The van der Waals surface area contributed by atoms with E-state index >= 15 is 4.39 Å². The Morgan fingerprint density at radius 3 is 2.76 bits per heavy atom. The third-order valence-corrected chi connectivity index (χ3v) is 7.58. The van der Waals surface area contributed by atoms with E-state index in [2.05, 4.69) is 20.2 Å². The van der Waals surface area contributed by atoms with Crippen LogP contribution in [0.4, 0.5) is 4.39 Å². The number of hydrogen-bond acceptors (Lipinski definition) is 10. The van der Waals surface area contributed by atoms with Crippen molar-refractivity contribution in [1.82, 2.24) is 24.7 Å². The molecule has 0 saturated carbocycles. The van der Waals surface area contributed by atoms with Crippen molar-refractivity contribution >= 4 is 19.4 Å². The summed E-state index contributed by atoms with van der Waals surface area (Å²) in [4.78, 5) is 20.0. The largest absolute Gasteiger partial charge is 0.464 e. The summed E-state index contributed by atoms with van der Waals surface area (Å²) >= 11 is 0. The van der Waals surface area contributed by atoms with Crippen molar-refractivity contribution in [3.8, 4) is 5.75 Å². The minimum absolute atomic E-state index is 0.0407. The van der Waals surface area contributed by atoms with Crippen LogP contribution in [0.25, 0.3) is 5.65 Å². The average Bonchev–Trinajstić information content (AvgIpc) is 3.40. The van der Waals surface area contributed by atoms with Gasteiger partial charge in [0.05, 0.1) is 30.1 Å². The van der Waals surface area contributed by atoms with Crippen LogP contribution in [-0.4, -0.2) is 68.3 Å². The van der Waals surface area contributed by atoms with Crippen LogP contribution in [0, 0.1) is 12.8 Å². The van der Waals surface area contributed by atoms with Gasteiger partial charge in [-0.05, 0) is 26.0 Å². The molecule has 0 aliphatic carbocycles. The molecule has 3 aromatic rings. The molecular weight excluding hydrogens is 520 g/mol. The third-order valence-electron chi connectivity index (χ3n) is 6.03. The highest BCUT2D eigenvalue weighted by atomic mass is 31.2. The molecular formula is C24H31FN5O7P.